The maximum atomic E-state index is 12.0. The number of likely N-dealkylation sites (N-methyl/N-ethyl adjacent to an activating group) is 1. The second kappa shape index (κ2) is 6.64. The lowest BCUT2D eigenvalue weighted by Crippen LogP contribution is -2.41. The summed E-state index contributed by atoms with van der Waals surface area (Å²) in [6.07, 6.45) is 0.773. The first-order chi connectivity index (χ1) is 10.8. The van der Waals surface area contributed by atoms with Crippen LogP contribution in [-0.2, 0) is 16.0 Å². The highest BCUT2D eigenvalue weighted by Crippen LogP contribution is 2.34. The highest BCUT2D eigenvalue weighted by atomic mass is 16.6. The van der Waals surface area contributed by atoms with Crippen molar-refractivity contribution in [2.75, 3.05) is 17.7 Å². The number of carbonyl (C=O) groups is 2. The topological polar surface area (TPSA) is 113 Å². The van der Waals surface area contributed by atoms with E-state index in [0.29, 0.717) is 18.5 Å². The van der Waals surface area contributed by atoms with Crippen LogP contribution in [0.5, 0.6) is 0 Å². The molecule has 0 spiro atoms. The van der Waals surface area contributed by atoms with E-state index in [1.807, 2.05) is 13.8 Å². The molecule has 0 aromatic heterocycles. The van der Waals surface area contributed by atoms with E-state index in [2.05, 4.69) is 16.0 Å². The minimum Gasteiger partial charge on any atom is -0.368 e. The summed E-state index contributed by atoms with van der Waals surface area (Å²) in [5.41, 5.74) is 1.39. The van der Waals surface area contributed by atoms with Crippen molar-refractivity contribution in [3.63, 3.8) is 0 Å². The molecule has 3 N–H and O–H groups in total. The van der Waals surface area contributed by atoms with Gasteiger partial charge in [0.15, 0.2) is 0 Å². The molecule has 0 saturated heterocycles. The summed E-state index contributed by atoms with van der Waals surface area (Å²) in [7, 11) is 1.51. The smallest absolute Gasteiger partial charge is 0.292 e. The number of nitro benzene ring substituents is 1. The average Bonchev–Trinajstić information content (AvgIpc) is 2.50. The molecule has 0 fully saturated rings. The number of benzene rings is 1. The number of hydrogen-bond donors (Lipinski definition) is 3. The molecule has 1 atom stereocenters. The molecule has 0 aliphatic carbocycles. The molecule has 1 aliphatic rings. The summed E-state index contributed by atoms with van der Waals surface area (Å²) in [5.74, 6) is -0.444. The van der Waals surface area contributed by atoms with Crippen molar-refractivity contribution >= 4 is 28.9 Å². The molecule has 0 bridgehead atoms. The van der Waals surface area contributed by atoms with E-state index in [-0.39, 0.29) is 29.1 Å². The van der Waals surface area contributed by atoms with Crippen molar-refractivity contribution in [3.05, 3.63) is 27.8 Å². The molecule has 2 amide bonds. The number of anilines is 2. The first-order valence-electron chi connectivity index (χ1n) is 7.42. The van der Waals surface area contributed by atoms with Gasteiger partial charge in [0.1, 0.15) is 11.7 Å². The zero-order valence-corrected chi connectivity index (χ0v) is 13.3. The Bertz CT molecular complexity index is 657. The van der Waals surface area contributed by atoms with Gasteiger partial charge in [0.25, 0.3) is 5.69 Å². The van der Waals surface area contributed by atoms with Gasteiger partial charge in [-0.25, -0.2) is 0 Å². The van der Waals surface area contributed by atoms with Gasteiger partial charge >= 0.3 is 0 Å². The molecule has 0 radical (unpaired) electrons. The van der Waals surface area contributed by atoms with E-state index < -0.39 is 11.0 Å². The van der Waals surface area contributed by atoms with Gasteiger partial charge in [-0.05, 0) is 24.0 Å². The lowest BCUT2D eigenvalue weighted by molar-refractivity contribution is -0.384. The van der Waals surface area contributed by atoms with E-state index >= 15 is 0 Å². The van der Waals surface area contributed by atoms with Crippen LogP contribution in [0.4, 0.5) is 17.1 Å². The third-order valence-corrected chi connectivity index (χ3v) is 3.82. The van der Waals surface area contributed by atoms with Crippen LogP contribution in [0.25, 0.3) is 0 Å². The highest BCUT2D eigenvalue weighted by Gasteiger charge is 2.27. The minimum absolute atomic E-state index is 0.0693. The monoisotopic (exact) mass is 320 g/mol. The van der Waals surface area contributed by atoms with Gasteiger partial charge in [0, 0.05) is 25.2 Å². The molecule has 2 rings (SSSR count). The largest absolute Gasteiger partial charge is 0.368 e. The summed E-state index contributed by atoms with van der Waals surface area (Å²) in [5, 5.41) is 19.5. The number of nitrogens with one attached hydrogen (secondary N) is 3. The van der Waals surface area contributed by atoms with Crippen LogP contribution in [0, 0.1) is 16.0 Å². The number of fused-ring (bicyclic) bond motifs is 1. The molecule has 1 heterocycles. The fraction of sp³-hybridized carbons (Fsp3) is 0.467. The third kappa shape index (κ3) is 3.58. The van der Waals surface area contributed by atoms with Crippen molar-refractivity contribution in [1.29, 1.82) is 0 Å². The van der Waals surface area contributed by atoms with Crippen LogP contribution >= 0.6 is 0 Å². The van der Waals surface area contributed by atoms with Crippen LogP contribution in [0.15, 0.2) is 12.1 Å². The van der Waals surface area contributed by atoms with Gasteiger partial charge in [0.05, 0.1) is 4.92 Å². The van der Waals surface area contributed by atoms with Crippen molar-refractivity contribution in [2.45, 2.75) is 32.7 Å². The van der Waals surface area contributed by atoms with Gasteiger partial charge in [-0.3, -0.25) is 19.7 Å². The Balaban J connectivity index is 2.43. The van der Waals surface area contributed by atoms with Gasteiger partial charge in [-0.2, -0.15) is 0 Å². The zero-order valence-electron chi connectivity index (χ0n) is 13.3. The van der Waals surface area contributed by atoms with E-state index in [1.54, 1.807) is 0 Å². The van der Waals surface area contributed by atoms with Gasteiger partial charge in [-0.1, -0.05) is 13.8 Å². The quantitative estimate of drug-likeness (QED) is 0.564. The predicted molar refractivity (Wildman–Crippen MR) is 86.4 cm³/mol. The average molecular weight is 320 g/mol. The van der Waals surface area contributed by atoms with Gasteiger partial charge in [0.2, 0.25) is 11.8 Å². The molecule has 124 valence electrons. The normalized spacial score (nSPS) is 14.7. The lowest BCUT2D eigenvalue weighted by atomic mass is 9.99. The van der Waals surface area contributed by atoms with Crippen molar-refractivity contribution < 1.29 is 14.5 Å². The predicted octanol–water partition coefficient (Wildman–Crippen LogP) is 1.66. The molecule has 1 aromatic rings. The van der Waals surface area contributed by atoms with Crippen LogP contribution in [0.1, 0.15) is 25.8 Å². The Morgan fingerprint density at radius 3 is 2.61 bits per heavy atom. The Hall–Kier alpha value is -2.64. The van der Waals surface area contributed by atoms with E-state index in [4.69, 9.17) is 0 Å². The van der Waals surface area contributed by atoms with E-state index in [9.17, 15) is 19.7 Å². The zero-order chi connectivity index (χ0) is 17.1. The molecular formula is C15H20N4O4. The van der Waals surface area contributed by atoms with Crippen molar-refractivity contribution in [2.24, 2.45) is 5.92 Å². The molecule has 1 aliphatic heterocycles. The second-order valence-electron chi connectivity index (χ2n) is 5.81. The molecule has 8 nitrogen and oxygen atoms in total. The molecule has 1 unspecified atom stereocenters. The number of aryl methyl sites for hydroxylation is 1. The summed E-state index contributed by atoms with van der Waals surface area (Å²) in [6.45, 7) is 3.69. The second-order valence-corrected chi connectivity index (χ2v) is 5.81. The maximum absolute atomic E-state index is 12.0. The number of rotatable bonds is 5. The number of carbonyl (C=O) groups excluding carboxylic acids is 2. The van der Waals surface area contributed by atoms with Gasteiger partial charge in [-0.15, -0.1) is 0 Å². The number of nitrogens with zero attached hydrogens (tertiary/aromatic N) is 1. The number of hydrogen-bond acceptors (Lipinski definition) is 5. The first kappa shape index (κ1) is 16.7. The molecule has 23 heavy (non-hydrogen) atoms. The van der Waals surface area contributed by atoms with E-state index in [0.717, 1.165) is 5.56 Å². The molecule has 8 heteroatoms. The minimum atomic E-state index is -0.615. The summed E-state index contributed by atoms with van der Waals surface area (Å²) >= 11 is 0. The third-order valence-electron chi connectivity index (χ3n) is 3.82. The summed E-state index contributed by atoms with van der Waals surface area (Å²) < 4.78 is 0. The van der Waals surface area contributed by atoms with Crippen LogP contribution in [0.2, 0.25) is 0 Å². The van der Waals surface area contributed by atoms with Crippen molar-refractivity contribution in [1.82, 2.24) is 5.32 Å². The fourth-order valence-corrected chi connectivity index (χ4v) is 2.54. The molecule has 1 aromatic carbocycles. The Labute approximate surface area is 133 Å². The van der Waals surface area contributed by atoms with E-state index in [1.165, 1.54) is 19.2 Å². The summed E-state index contributed by atoms with van der Waals surface area (Å²) in [4.78, 5) is 34.3. The SMILES string of the molecule is CNC(=O)C(Nc1cc2c(cc1[N+](=O)[O-])CCC(=O)N2)C(C)C. The number of amides is 2. The van der Waals surface area contributed by atoms with Crippen LogP contribution < -0.4 is 16.0 Å². The van der Waals surface area contributed by atoms with Crippen LogP contribution in [-0.4, -0.2) is 29.8 Å². The maximum Gasteiger partial charge on any atom is 0.292 e. The standard InChI is InChI=1S/C15H20N4O4/c1-8(2)14(15(21)16-3)18-11-7-10-9(4-5-13(20)17-10)6-12(11)19(22)23/h6-8,14,18H,4-5H2,1-3H3,(H,16,21)(H,17,20). The lowest BCUT2D eigenvalue weighted by Gasteiger charge is -2.23. The molecule has 0 saturated carbocycles. The highest BCUT2D eigenvalue weighted by molar-refractivity contribution is 5.95. The summed E-state index contributed by atoms with van der Waals surface area (Å²) in [6, 6.07) is 2.37. The van der Waals surface area contributed by atoms with Crippen LogP contribution in [0.3, 0.4) is 0 Å². The molecular weight excluding hydrogens is 300 g/mol. The Morgan fingerprint density at radius 1 is 1.35 bits per heavy atom. The van der Waals surface area contributed by atoms with Gasteiger partial charge < -0.3 is 16.0 Å². The first-order valence-corrected chi connectivity index (χ1v) is 7.42. The number of nitro groups is 1. The van der Waals surface area contributed by atoms with Crippen molar-refractivity contribution in [3.8, 4) is 0 Å². The Kier molecular flexibility index (Phi) is 4.83. The fourth-order valence-electron chi connectivity index (χ4n) is 2.54. The Morgan fingerprint density at radius 2 is 2.04 bits per heavy atom.